The number of halogens is 1. The van der Waals surface area contributed by atoms with Crippen LogP contribution in [0, 0.1) is 11.8 Å². The molecule has 2 atom stereocenters. The van der Waals surface area contributed by atoms with Crippen LogP contribution in [0.4, 0.5) is 0 Å². The van der Waals surface area contributed by atoms with Crippen LogP contribution in [0.3, 0.4) is 0 Å². The van der Waals surface area contributed by atoms with Gasteiger partial charge in [0.05, 0.1) is 6.04 Å². The van der Waals surface area contributed by atoms with E-state index in [1.54, 1.807) is 0 Å². The minimum absolute atomic E-state index is 0.0248. The normalized spacial score (nSPS) is 14.0. The molecule has 1 unspecified atom stereocenters. The first-order chi connectivity index (χ1) is 9.93. The highest BCUT2D eigenvalue weighted by Crippen LogP contribution is 2.21. The topological polar surface area (TPSA) is 55.1 Å². The molecular weight excluding hydrogens is 284 g/mol. The molecule has 1 aromatic carbocycles. The van der Waals surface area contributed by atoms with Crippen molar-refractivity contribution in [3.63, 3.8) is 0 Å². The Morgan fingerprint density at radius 2 is 2.00 bits per heavy atom. The van der Waals surface area contributed by atoms with Crippen LogP contribution in [0.5, 0.6) is 0 Å². The highest BCUT2D eigenvalue weighted by atomic mass is 35.5. The lowest BCUT2D eigenvalue weighted by atomic mass is 9.88. The van der Waals surface area contributed by atoms with Gasteiger partial charge < -0.3 is 11.1 Å². The molecule has 0 heterocycles. The van der Waals surface area contributed by atoms with Crippen LogP contribution in [0.1, 0.15) is 51.6 Å². The average Bonchev–Trinajstić information content (AvgIpc) is 2.43. The maximum absolute atomic E-state index is 12.1. The fourth-order valence-electron chi connectivity index (χ4n) is 2.51. The maximum Gasteiger partial charge on any atom is 0.220 e. The van der Waals surface area contributed by atoms with Crippen molar-refractivity contribution in [3.8, 4) is 0 Å². The molecule has 0 aromatic heterocycles. The van der Waals surface area contributed by atoms with Gasteiger partial charge in [-0.25, -0.2) is 0 Å². The van der Waals surface area contributed by atoms with Crippen molar-refractivity contribution in [2.75, 3.05) is 6.54 Å². The Balaban J connectivity index is 2.46. The molecule has 1 rings (SSSR count). The second-order valence-electron chi connectivity index (χ2n) is 5.96. The summed E-state index contributed by atoms with van der Waals surface area (Å²) in [4.78, 5) is 12.1. The van der Waals surface area contributed by atoms with Crippen molar-refractivity contribution in [3.05, 3.63) is 34.9 Å². The molecule has 4 heteroatoms. The van der Waals surface area contributed by atoms with Gasteiger partial charge in [-0.2, -0.15) is 0 Å². The molecule has 0 aliphatic carbocycles. The van der Waals surface area contributed by atoms with E-state index in [0.717, 1.165) is 18.4 Å². The lowest BCUT2D eigenvalue weighted by molar-refractivity contribution is -0.122. The van der Waals surface area contributed by atoms with Crippen LogP contribution in [0.2, 0.25) is 5.02 Å². The lowest BCUT2D eigenvalue weighted by Gasteiger charge is -2.20. The van der Waals surface area contributed by atoms with Gasteiger partial charge in [-0.3, -0.25) is 4.79 Å². The van der Waals surface area contributed by atoms with Gasteiger partial charge in [0.15, 0.2) is 0 Å². The van der Waals surface area contributed by atoms with Crippen LogP contribution < -0.4 is 11.1 Å². The van der Waals surface area contributed by atoms with E-state index in [-0.39, 0.29) is 11.9 Å². The third-order valence-corrected chi connectivity index (χ3v) is 4.18. The highest BCUT2D eigenvalue weighted by Gasteiger charge is 2.16. The smallest absolute Gasteiger partial charge is 0.220 e. The number of amides is 1. The summed E-state index contributed by atoms with van der Waals surface area (Å²) in [5.41, 5.74) is 6.66. The fraction of sp³-hybridized carbons (Fsp3) is 0.588. The molecule has 1 aromatic rings. The van der Waals surface area contributed by atoms with Crippen LogP contribution >= 0.6 is 11.6 Å². The maximum atomic E-state index is 12.1. The van der Waals surface area contributed by atoms with Crippen molar-refractivity contribution in [1.29, 1.82) is 0 Å². The minimum Gasteiger partial charge on any atom is -0.350 e. The molecule has 0 fully saturated rings. The number of hydrogen-bond acceptors (Lipinski definition) is 2. The summed E-state index contributed by atoms with van der Waals surface area (Å²) in [7, 11) is 0. The van der Waals surface area contributed by atoms with E-state index in [0.29, 0.717) is 29.8 Å². The van der Waals surface area contributed by atoms with Crippen LogP contribution in [0.25, 0.3) is 0 Å². The molecular formula is C17H27ClN2O. The van der Waals surface area contributed by atoms with E-state index in [2.05, 4.69) is 19.2 Å². The van der Waals surface area contributed by atoms with E-state index in [9.17, 15) is 4.79 Å². The van der Waals surface area contributed by atoms with Crippen LogP contribution in [0.15, 0.2) is 24.3 Å². The van der Waals surface area contributed by atoms with Gasteiger partial charge in [-0.05, 0) is 55.8 Å². The molecule has 0 aliphatic rings. The summed E-state index contributed by atoms with van der Waals surface area (Å²) in [5, 5.41) is 3.72. The quantitative estimate of drug-likeness (QED) is 0.764. The summed E-state index contributed by atoms with van der Waals surface area (Å²) in [6.07, 6.45) is 2.42. The summed E-state index contributed by atoms with van der Waals surface area (Å²) >= 11 is 5.97. The molecule has 0 radical (unpaired) electrons. The Labute approximate surface area is 133 Å². The second kappa shape index (κ2) is 9.06. The molecule has 0 bridgehead atoms. The molecule has 1 amide bonds. The number of rotatable bonds is 8. The molecule has 3 N–H and O–H groups in total. The molecule has 21 heavy (non-hydrogen) atoms. The summed E-state index contributed by atoms with van der Waals surface area (Å²) in [6.45, 7) is 7.03. The lowest BCUT2D eigenvalue weighted by Crippen LogP contribution is -2.27. The first-order valence-corrected chi connectivity index (χ1v) is 8.06. The average molecular weight is 311 g/mol. The SMILES string of the molecule is CC(C)C(CCN)CCC(=O)N[C@@H](C)c1cccc(Cl)c1. The van der Waals surface area contributed by atoms with Crippen molar-refractivity contribution in [2.24, 2.45) is 17.6 Å². The van der Waals surface area contributed by atoms with Crippen molar-refractivity contribution < 1.29 is 4.79 Å². The van der Waals surface area contributed by atoms with Crippen molar-refractivity contribution in [2.45, 2.75) is 46.1 Å². The van der Waals surface area contributed by atoms with E-state index < -0.39 is 0 Å². The van der Waals surface area contributed by atoms with Crippen molar-refractivity contribution >= 4 is 17.5 Å². The van der Waals surface area contributed by atoms with E-state index in [4.69, 9.17) is 17.3 Å². The molecule has 0 saturated heterocycles. The first kappa shape index (κ1) is 18.0. The minimum atomic E-state index is -0.0248. The standard InChI is InChI=1S/C17H27ClN2O/c1-12(2)14(9-10-19)7-8-17(21)20-13(3)15-5-4-6-16(18)11-15/h4-6,11-14H,7-10,19H2,1-3H3,(H,20,21)/t13-,14?/m0/s1. The Morgan fingerprint density at radius 1 is 1.29 bits per heavy atom. The zero-order valence-electron chi connectivity index (χ0n) is 13.2. The Kier molecular flexibility index (Phi) is 7.76. The van der Waals surface area contributed by atoms with Gasteiger partial charge in [-0.15, -0.1) is 0 Å². The Hall–Kier alpha value is -1.06. The number of carbonyl (C=O) groups is 1. The van der Waals surface area contributed by atoms with Gasteiger partial charge in [0, 0.05) is 11.4 Å². The zero-order valence-corrected chi connectivity index (χ0v) is 14.0. The van der Waals surface area contributed by atoms with E-state index in [1.807, 2.05) is 31.2 Å². The predicted octanol–water partition coefficient (Wildman–Crippen LogP) is 3.92. The van der Waals surface area contributed by atoms with E-state index >= 15 is 0 Å². The highest BCUT2D eigenvalue weighted by molar-refractivity contribution is 6.30. The Morgan fingerprint density at radius 3 is 2.57 bits per heavy atom. The number of hydrogen-bond donors (Lipinski definition) is 2. The molecule has 0 spiro atoms. The number of benzene rings is 1. The van der Waals surface area contributed by atoms with Crippen LogP contribution in [-0.4, -0.2) is 12.5 Å². The fourth-order valence-corrected chi connectivity index (χ4v) is 2.71. The van der Waals surface area contributed by atoms with Crippen molar-refractivity contribution in [1.82, 2.24) is 5.32 Å². The predicted molar refractivity (Wildman–Crippen MR) is 89.2 cm³/mol. The van der Waals surface area contributed by atoms with Gasteiger partial charge in [0.2, 0.25) is 5.91 Å². The number of carbonyl (C=O) groups excluding carboxylic acids is 1. The third-order valence-electron chi connectivity index (χ3n) is 3.95. The number of nitrogens with one attached hydrogen (secondary N) is 1. The Bertz CT molecular complexity index is 448. The summed E-state index contributed by atoms with van der Waals surface area (Å²) in [5.74, 6) is 1.17. The third kappa shape index (κ3) is 6.49. The second-order valence-corrected chi connectivity index (χ2v) is 6.40. The zero-order chi connectivity index (χ0) is 15.8. The molecule has 118 valence electrons. The first-order valence-electron chi connectivity index (χ1n) is 7.69. The van der Waals surface area contributed by atoms with Crippen LogP contribution in [-0.2, 0) is 4.79 Å². The van der Waals surface area contributed by atoms with Gasteiger partial charge >= 0.3 is 0 Å². The molecule has 0 saturated carbocycles. The monoisotopic (exact) mass is 310 g/mol. The van der Waals surface area contributed by atoms with Gasteiger partial charge in [0.1, 0.15) is 0 Å². The van der Waals surface area contributed by atoms with Gasteiger partial charge in [-0.1, -0.05) is 37.6 Å². The summed E-state index contributed by atoms with van der Waals surface area (Å²) < 4.78 is 0. The van der Waals surface area contributed by atoms with Gasteiger partial charge in [0.25, 0.3) is 0 Å². The summed E-state index contributed by atoms with van der Waals surface area (Å²) in [6, 6.07) is 7.57. The molecule has 3 nitrogen and oxygen atoms in total. The number of nitrogens with two attached hydrogens (primary N) is 1. The molecule has 0 aliphatic heterocycles. The van der Waals surface area contributed by atoms with E-state index in [1.165, 1.54) is 0 Å². The largest absolute Gasteiger partial charge is 0.350 e.